The number of ether oxygens (including phenoxy) is 1. The van der Waals surface area contributed by atoms with Crippen molar-refractivity contribution < 1.29 is 19.4 Å². The van der Waals surface area contributed by atoms with Gasteiger partial charge in [-0.25, -0.2) is 4.79 Å². The lowest BCUT2D eigenvalue weighted by Gasteiger charge is -2.14. The Morgan fingerprint density at radius 3 is 2.38 bits per heavy atom. The summed E-state index contributed by atoms with van der Waals surface area (Å²) >= 11 is 0. The van der Waals surface area contributed by atoms with E-state index in [-0.39, 0.29) is 5.92 Å². The molecule has 0 spiro atoms. The number of methoxy groups -OCH3 is 1. The number of carbonyl (C=O) groups excluding carboxylic acids is 1. The molecule has 21 heavy (non-hydrogen) atoms. The van der Waals surface area contributed by atoms with E-state index < -0.39 is 18.0 Å². The van der Waals surface area contributed by atoms with E-state index in [1.54, 1.807) is 7.11 Å². The van der Waals surface area contributed by atoms with E-state index in [2.05, 4.69) is 17.6 Å². The highest BCUT2D eigenvalue weighted by Crippen LogP contribution is 2.21. The lowest BCUT2D eigenvalue weighted by molar-refractivity contribution is -0.138. The molecule has 0 heterocycles. The van der Waals surface area contributed by atoms with Gasteiger partial charge < -0.3 is 20.5 Å². The Morgan fingerprint density at radius 1 is 1.24 bits per heavy atom. The minimum absolute atomic E-state index is 0.285. The van der Waals surface area contributed by atoms with Gasteiger partial charge in [0.15, 0.2) is 0 Å². The van der Waals surface area contributed by atoms with E-state index in [1.165, 1.54) is 6.92 Å². The number of amides is 2. The molecule has 116 valence electrons. The lowest BCUT2D eigenvalue weighted by atomic mass is 9.98. The Bertz CT molecular complexity index is 473. The van der Waals surface area contributed by atoms with Crippen molar-refractivity contribution in [1.82, 2.24) is 10.6 Å². The van der Waals surface area contributed by atoms with Gasteiger partial charge in [-0.3, -0.25) is 4.79 Å². The first-order valence-electron chi connectivity index (χ1n) is 6.85. The Labute approximate surface area is 124 Å². The number of hydrogen-bond acceptors (Lipinski definition) is 3. The van der Waals surface area contributed by atoms with Gasteiger partial charge in [0.25, 0.3) is 0 Å². The third kappa shape index (κ3) is 5.72. The predicted molar refractivity (Wildman–Crippen MR) is 79.7 cm³/mol. The first-order chi connectivity index (χ1) is 9.93. The molecular weight excluding hydrogens is 272 g/mol. The molecule has 0 saturated carbocycles. The Balaban J connectivity index is 2.34. The number of carboxylic acid groups (broad SMARTS) is 1. The number of carbonyl (C=O) groups is 2. The second-order valence-electron chi connectivity index (χ2n) is 4.92. The van der Waals surface area contributed by atoms with Crippen LogP contribution in [0, 0.1) is 0 Å². The van der Waals surface area contributed by atoms with Gasteiger partial charge >= 0.3 is 12.0 Å². The molecule has 6 heteroatoms. The summed E-state index contributed by atoms with van der Waals surface area (Å²) < 4.78 is 5.10. The standard InChI is InChI=1S/C15H22N2O4/c1-10(12-4-6-13(21-3)7-5-12)8-9-16-15(20)17-11(2)14(18)19/h4-7,10-11H,8-9H2,1-3H3,(H,18,19)(H2,16,17,20)/t10?,11-/m1/s1. The molecule has 2 atom stereocenters. The van der Waals surface area contributed by atoms with Crippen LogP contribution in [0.3, 0.4) is 0 Å². The molecule has 0 radical (unpaired) electrons. The number of rotatable bonds is 7. The lowest BCUT2D eigenvalue weighted by Crippen LogP contribution is -2.44. The van der Waals surface area contributed by atoms with Crippen LogP contribution in [0.15, 0.2) is 24.3 Å². The fourth-order valence-electron chi connectivity index (χ4n) is 1.81. The number of hydrogen-bond donors (Lipinski definition) is 3. The zero-order chi connectivity index (χ0) is 15.8. The van der Waals surface area contributed by atoms with Crippen LogP contribution in [0.25, 0.3) is 0 Å². The van der Waals surface area contributed by atoms with Gasteiger partial charge in [0.05, 0.1) is 7.11 Å². The van der Waals surface area contributed by atoms with Gasteiger partial charge in [-0.1, -0.05) is 19.1 Å². The van der Waals surface area contributed by atoms with Crippen molar-refractivity contribution in [2.24, 2.45) is 0 Å². The molecule has 1 unspecified atom stereocenters. The van der Waals surface area contributed by atoms with Gasteiger partial charge in [0.2, 0.25) is 0 Å². The topological polar surface area (TPSA) is 87.7 Å². The second-order valence-corrected chi connectivity index (χ2v) is 4.92. The summed E-state index contributed by atoms with van der Waals surface area (Å²) in [5.41, 5.74) is 1.16. The molecular formula is C15H22N2O4. The summed E-state index contributed by atoms with van der Waals surface area (Å²) in [4.78, 5) is 22.1. The second kappa shape index (κ2) is 8.14. The van der Waals surface area contributed by atoms with Gasteiger partial charge in [-0.2, -0.15) is 0 Å². The molecule has 1 aromatic rings. The molecule has 0 bridgehead atoms. The number of nitrogens with one attached hydrogen (secondary N) is 2. The third-order valence-electron chi connectivity index (χ3n) is 3.27. The van der Waals surface area contributed by atoms with Crippen molar-refractivity contribution in [3.05, 3.63) is 29.8 Å². The van der Waals surface area contributed by atoms with Crippen LogP contribution < -0.4 is 15.4 Å². The van der Waals surface area contributed by atoms with Crippen LogP contribution in [0.2, 0.25) is 0 Å². The first-order valence-corrected chi connectivity index (χ1v) is 6.85. The summed E-state index contributed by atoms with van der Waals surface area (Å²) in [5.74, 6) is 0.0379. The molecule has 2 amide bonds. The summed E-state index contributed by atoms with van der Waals surface area (Å²) in [7, 11) is 1.62. The zero-order valence-corrected chi connectivity index (χ0v) is 12.6. The van der Waals surface area contributed by atoms with Crippen molar-refractivity contribution in [2.45, 2.75) is 32.2 Å². The minimum Gasteiger partial charge on any atom is -0.497 e. The molecule has 0 saturated heterocycles. The maximum Gasteiger partial charge on any atom is 0.325 e. The van der Waals surface area contributed by atoms with Crippen molar-refractivity contribution in [2.75, 3.05) is 13.7 Å². The van der Waals surface area contributed by atoms with Crippen LogP contribution >= 0.6 is 0 Å². The first kappa shape index (κ1) is 16.8. The number of urea groups is 1. The van der Waals surface area contributed by atoms with E-state index in [1.807, 2.05) is 24.3 Å². The Hall–Kier alpha value is -2.24. The normalized spacial score (nSPS) is 13.1. The van der Waals surface area contributed by atoms with Crippen LogP contribution in [-0.2, 0) is 4.79 Å². The summed E-state index contributed by atoms with van der Waals surface area (Å²) in [6.45, 7) is 3.97. The fourth-order valence-corrected chi connectivity index (χ4v) is 1.81. The average Bonchev–Trinajstić information content (AvgIpc) is 2.47. The van der Waals surface area contributed by atoms with E-state index in [0.717, 1.165) is 17.7 Å². The molecule has 0 aliphatic carbocycles. The van der Waals surface area contributed by atoms with Gasteiger partial charge in [-0.15, -0.1) is 0 Å². The fraction of sp³-hybridized carbons (Fsp3) is 0.467. The van der Waals surface area contributed by atoms with Crippen molar-refractivity contribution in [1.29, 1.82) is 0 Å². The molecule has 0 aliphatic heterocycles. The zero-order valence-electron chi connectivity index (χ0n) is 12.6. The molecule has 1 rings (SSSR count). The maximum absolute atomic E-state index is 11.5. The SMILES string of the molecule is COc1ccc(C(C)CCNC(=O)N[C@H](C)C(=O)O)cc1. The molecule has 0 fully saturated rings. The quantitative estimate of drug-likeness (QED) is 0.717. The molecule has 6 nitrogen and oxygen atoms in total. The number of carboxylic acids is 1. The van der Waals surface area contributed by atoms with Crippen molar-refractivity contribution in [3.8, 4) is 5.75 Å². The minimum atomic E-state index is -1.06. The number of benzene rings is 1. The van der Waals surface area contributed by atoms with E-state index in [4.69, 9.17) is 9.84 Å². The van der Waals surface area contributed by atoms with Crippen molar-refractivity contribution in [3.63, 3.8) is 0 Å². The third-order valence-corrected chi connectivity index (χ3v) is 3.27. The Morgan fingerprint density at radius 2 is 1.86 bits per heavy atom. The van der Waals surface area contributed by atoms with Crippen LogP contribution in [0.5, 0.6) is 5.75 Å². The number of aliphatic carboxylic acids is 1. The molecule has 1 aromatic carbocycles. The highest BCUT2D eigenvalue weighted by atomic mass is 16.5. The highest BCUT2D eigenvalue weighted by molar-refractivity contribution is 5.82. The van der Waals surface area contributed by atoms with E-state index >= 15 is 0 Å². The highest BCUT2D eigenvalue weighted by Gasteiger charge is 2.13. The van der Waals surface area contributed by atoms with E-state index in [9.17, 15) is 9.59 Å². The monoisotopic (exact) mass is 294 g/mol. The Kier molecular flexibility index (Phi) is 6.52. The van der Waals surface area contributed by atoms with Gasteiger partial charge in [-0.05, 0) is 37.0 Å². The maximum atomic E-state index is 11.5. The van der Waals surface area contributed by atoms with Crippen LogP contribution in [-0.4, -0.2) is 36.8 Å². The van der Waals surface area contributed by atoms with E-state index in [0.29, 0.717) is 6.54 Å². The molecule has 0 aliphatic rings. The average molecular weight is 294 g/mol. The predicted octanol–water partition coefficient (Wildman–Crippen LogP) is 1.96. The smallest absolute Gasteiger partial charge is 0.325 e. The largest absolute Gasteiger partial charge is 0.497 e. The van der Waals surface area contributed by atoms with Gasteiger partial charge in [0.1, 0.15) is 11.8 Å². The molecule has 3 N–H and O–H groups in total. The summed E-state index contributed by atoms with van der Waals surface area (Å²) in [6.07, 6.45) is 0.765. The van der Waals surface area contributed by atoms with Crippen molar-refractivity contribution >= 4 is 12.0 Å². The van der Waals surface area contributed by atoms with Crippen LogP contribution in [0.4, 0.5) is 4.79 Å². The van der Waals surface area contributed by atoms with Gasteiger partial charge in [0, 0.05) is 6.54 Å². The summed E-state index contributed by atoms with van der Waals surface area (Å²) in [5, 5.41) is 13.7. The summed E-state index contributed by atoms with van der Waals surface area (Å²) in [6, 6.07) is 6.43. The van der Waals surface area contributed by atoms with Crippen LogP contribution in [0.1, 0.15) is 31.7 Å². The molecule has 0 aromatic heterocycles.